The summed E-state index contributed by atoms with van der Waals surface area (Å²) in [5.41, 5.74) is 3.15. The summed E-state index contributed by atoms with van der Waals surface area (Å²) >= 11 is 0. The Balaban J connectivity index is 1.71. The second kappa shape index (κ2) is 10.3. The quantitative estimate of drug-likeness (QED) is 0.701. The number of hydrogen-bond acceptors (Lipinski definition) is 3. The average molecular weight is 360 g/mol. The molecule has 1 saturated heterocycles. The zero-order valence-electron chi connectivity index (χ0n) is 16.4. The number of rotatable bonds is 8. The van der Waals surface area contributed by atoms with Gasteiger partial charge in [-0.3, -0.25) is 14.5 Å². The lowest BCUT2D eigenvalue weighted by Gasteiger charge is -2.30. The van der Waals surface area contributed by atoms with Crippen LogP contribution < -0.4 is 10.6 Å². The number of carbonyl (C=O) groups is 2. The number of amides is 2. The van der Waals surface area contributed by atoms with Crippen LogP contribution in [0, 0.1) is 19.8 Å². The van der Waals surface area contributed by atoms with E-state index in [9.17, 15) is 9.59 Å². The summed E-state index contributed by atoms with van der Waals surface area (Å²) in [4.78, 5) is 26.6. The molecule has 1 fully saturated rings. The summed E-state index contributed by atoms with van der Waals surface area (Å²) in [5, 5.41) is 6.05. The number of piperidine rings is 1. The van der Waals surface area contributed by atoms with Gasteiger partial charge in [0.1, 0.15) is 0 Å². The lowest BCUT2D eigenvalue weighted by atomic mass is 9.96. The van der Waals surface area contributed by atoms with E-state index in [1.165, 1.54) is 12.0 Å². The topological polar surface area (TPSA) is 61.4 Å². The molecule has 2 N–H and O–H groups in total. The molecule has 144 valence electrons. The molecule has 0 saturated carbocycles. The number of nitrogens with one attached hydrogen (secondary N) is 2. The largest absolute Gasteiger partial charge is 0.356 e. The van der Waals surface area contributed by atoms with Crippen molar-refractivity contribution in [3.05, 3.63) is 29.3 Å². The van der Waals surface area contributed by atoms with Crippen molar-refractivity contribution in [3.8, 4) is 0 Å². The van der Waals surface area contributed by atoms with E-state index in [4.69, 9.17) is 0 Å². The van der Waals surface area contributed by atoms with Gasteiger partial charge in [0.05, 0.1) is 6.54 Å². The maximum Gasteiger partial charge on any atom is 0.238 e. The fourth-order valence-corrected chi connectivity index (χ4v) is 3.43. The number of benzene rings is 1. The summed E-state index contributed by atoms with van der Waals surface area (Å²) in [5.74, 6) is 0.287. The van der Waals surface area contributed by atoms with Gasteiger partial charge in [0.25, 0.3) is 0 Å². The smallest absolute Gasteiger partial charge is 0.238 e. The number of anilines is 1. The van der Waals surface area contributed by atoms with Gasteiger partial charge < -0.3 is 10.6 Å². The Morgan fingerprint density at radius 2 is 1.88 bits per heavy atom. The van der Waals surface area contributed by atoms with E-state index in [0.29, 0.717) is 6.54 Å². The molecule has 0 spiro atoms. The maximum atomic E-state index is 12.3. The molecule has 1 aromatic carbocycles. The molecule has 1 aliphatic rings. The summed E-state index contributed by atoms with van der Waals surface area (Å²) < 4.78 is 0. The third kappa shape index (κ3) is 6.45. The van der Waals surface area contributed by atoms with Crippen molar-refractivity contribution >= 4 is 17.5 Å². The first kappa shape index (κ1) is 20.4. The normalized spacial score (nSPS) is 15.7. The van der Waals surface area contributed by atoms with E-state index < -0.39 is 0 Å². The van der Waals surface area contributed by atoms with Gasteiger partial charge in [0.2, 0.25) is 11.8 Å². The minimum Gasteiger partial charge on any atom is -0.356 e. The van der Waals surface area contributed by atoms with Crippen LogP contribution in [0.15, 0.2) is 18.2 Å². The van der Waals surface area contributed by atoms with Crippen molar-refractivity contribution < 1.29 is 9.59 Å². The van der Waals surface area contributed by atoms with E-state index >= 15 is 0 Å². The van der Waals surface area contributed by atoms with Crippen molar-refractivity contribution in [1.82, 2.24) is 10.2 Å². The van der Waals surface area contributed by atoms with Gasteiger partial charge in [-0.25, -0.2) is 0 Å². The van der Waals surface area contributed by atoms with Crippen molar-refractivity contribution in [3.63, 3.8) is 0 Å². The average Bonchev–Trinajstić information content (AvgIpc) is 2.61. The van der Waals surface area contributed by atoms with E-state index in [1.807, 2.05) is 26.0 Å². The molecule has 0 bridgehead atoms. The number of unbranched alkanes of at least 4 members (excludes halogenated alkanes) is 2. The molecular formula is C21H33N3O2. The van der Waals surface area contributed by atoms with Crippen LogP contribution in [0.3, 0.4) is 0 Å². The molecule has 26 heavy (non-hydrogen) atoms. The van der Waals surface area contributed by atoms with Crippen molar-refractivity contribution in [2.75, 3.05) is 31.5 Å². The van der Waals surface area contributed by atoms with Gasteiger partial charge in [-0.1, -0.05) is 37.5 Å². The minimum atomic E-state index is 0.0134. The number of likely N-dealkylation sites (tertiary alicyclic amines) is 1. The summed E-state index contributed by atoms with van der Waals surface area (Å²) in [6, 6.07) is 6.03. The van der Waals surface area contributed by atoms with Gasteiger partial charge in [0.15, 0.2) is 0 Å². The standard InChI is InChI=1S/C21H33N3O2/c1-4-5-6-11-22-21(26)18-9-12-24(13-10-18)15-20(25)23-19-8-7-16(2)14-17(19)3/h7-8,14,18H,4-6,9-13,15H2,1-3H3,(H,22,26)(H,23,25). The highest BCUT2D eigenvalue weighted by atomic mass is 16.2. The second-order valence-electron chi connectivity index (χ2n) is 7.42. The SMILES string of the molecule is CCCCCNC(=O)C1CCN(CC(=O)Nc2ccc(C)cc2C)CC1. The van der Waals surface area contributed by atoms with Gasteiger partial charge >= 0.3 is 0 Å². The van der Waals surface area contributed by atoms with Crippen LogP contribution in [-0.4, -0.2) is 42.9 Å². The molecular weight excluding hydrogens is 326 g/mol. The van der Waals surface area contributed by atoms with Gasteiger partial charge in [-0.05, 0) is 57.8 Å². The lowest BCUT2D eigenvalue weighted by Crippen LogP contribution is -2.43. The molecule has 1 aliphatic heterocycles. The number of aryl methyl sites for hydroxylation is 2. The Morgan fingerprint density at radius 3 is 2.54 bits per heavy atom. The fourth-order valence-electron chi connectivity index (χ4n) is 3.43. The number of nitrogens with zero attached hydrogens (tertiary/aromatic N) is 1. The summed E-state index contributed by atoms with van der Waals surface area (Å²) in [7, 11) is 0. The summed E-state index contributed by atoms with van der Waals surface area (Å²) in [6.45, 7) is 8.98. The molecule has 0 radical (unpaired) electrons. The van der Waals surface area contributed by atoms with E-state index in [-0.39, 0.29) is 17.7 Å². The molecule has 0 atom stereocenters. The highest BCUT2D eigenvalue weighted by molar-refractivity contribution is 5.93. The van der Waals surface area contributed by atoms with Crippen LogP contribution in [-0.2, 0) is 9.59 Å². The first-order chi connectivity index (χ1) is 12.5. The van der Waals surface area contributed by atoms with Crippen LogP contribution in [0.4, 0.5) is 5.69 Å². The first-order valence-corrected chi connectivity index (χ1v) is 9.86. The van der Waals surface area contributed by atoms with Gasteiger partial charge in [-0.2, -0.15) is 0 Å². The fraction of sp³-hybridized carbons (Fsp3) is 0.619. The van der Waals surface area contributed by atoms with E-state index in [1.54, 1.807) is 0 Å². The third-order valence-corrected chi connectivity index (χ3v) is 5.06. The van der Waals surface area contributed by atoms with Gasteiger partial charge in [-0.15, -0.1) is 0 Å². The van der Waals surface area contributed by atoms with Crippen molar-refractivity contribution in [2.45, 2.75) is 52.9 Å². The molecule has 0 unspecified atom stereocenters. The minimum absolute atomic E-state index is 0.0134. The van der Waals surface area contributed by atoms with Crippen LogP contribution in [0.2, 0.25) is 0 Å². The Hall–Kier alpha value is -1.88. The third-order valence-electron chi connectivity index (χ3n) is 5.06. The van der Waals surface area contributed by atoms with Gasteiger partial charge in [0, 0.05) is 18.2 Å². The molecule has 0 aliphatic carbocycles. The summed E-state index contributed by atoms with van der Waals surface area (Å²) in [6.07, 6.45) is 5.04. The van der Waals surface area contributed by atoms with Crippen LogP contribution in [0.1, 0.15) is 50.2 Å². The first-order valence-electron chi connectivity index (χ1n) is 9.86. The Bertz CT molecular complexity index is 607. The van der Waals surface area contributed by atoms with Crippen LogP contribution >= 0.6 is 0 Å². The molecule has 5 nitrogen and oxygen atoms in total. The molecule has 2 rings (SSSR count). The number of carbonyl (C=O) groups excluding carboxylic acids is 2. The van der Waals surface area contributed by atoms with Crippen molar-refractivity contribution in [2.24, 2.45) is 5.92 Å². The Morgan fingerprint density at radius 1 is 1.15 bits per heavy atom. The zero-order chi connectivity index (χ0) is 18.9. The predicted octanol–water partition coefficient (Wildman–Crippen LogP) is 3.26. The molecule has 2 amide bonds. The molecule has 0 aromatic heterocycles. The molecule has 5 heteroatoms. The highest BCUT2D eigenvalue weighted by Gasteiger charge is 2.25. The van der Waals surface area contributed by atoms with E-state index in [2.05, 4.69) is 28.5 Å². The second-order valence-corrected chi connectivity index (χ2v) is 7.42. The Kier molecular flexibility index (Phi) is 8.10. The van der Waals surface area contributed by atoms with Crippen LogP contribution in [0.25, 0.3) is 0 Å². The van der Waals surface area contributed by atoms with E-state index in [0.717, 1.165) is 56.6 Å². The highest BCUT2D eigenvalue weighted by Crippen LogP contribution is 2.19. The zero-order valence-corrected chi connectivity index (χ0v) is 16.4. The lowest BCUT2D eigenvalue weighted by molar-refractivity contribution is -0.126. The Labute approximate surface area is 157 Å². The predicted molar refractivity (Wildman–Crippen MR) is 106 cm³/mol. The molecule has 1 aromatic rings. The molecule has 1 heterocycles. The maximum absolute atomic E-state index is 12.3. The van der Waals surface area contributed by atoms with Crippen LogP contribution in [0.5, 0.6) is 0 Å². The van der Waals surface area contributed by atoms with Crippen molar-refractivity contribution in [1.29, 1.82) is 0 Å². The number of hydrogen-bond donors (Lipinski definition) is 2. The monoisotopic (exact) mass is 359 g/mol.